The Hall–Kier alpha value is -0.710. The summed E-state index contributed by atoms with van der Waals surface area (Å²) in [6, 6.07) is 7.88. The second-order valence-electron chi connectivity index (χ2n) is 3.60. The minimum atomic E-state index is -0.481. The molecule has 0 heterocycles. The van der Waals surface area contributed by atoms with Crippen LogP contribution in [0.3, 0.4) is 0 Å². The summed E-state index contributed by atoms with van der Waals surface area (Å²) >= 11 is 2.22. The summed E-state index contributed by atoms with van der Waals surface area (Å²) in [7, 11) is 0. The van der Waals surface area contributed by atoms with Crippen molar-refractivity contribution in [2.75, 3.05) is 0 Å². The van der Waals surface area contributed by atoms with Gasteiger partial charge >= 0.3 is 0 Å². The first-order valence-corrected chi connectivity index (χ1v) is 5.84. The zero-order valence-corrected chi connectivity index (χ0v) is 10.9. The molecular weight excluding hydrogens is 303 g/mol. The Bertz CT molecular complexity index is 354. The fraction of sp³-hybridized carbons (Fsp3) is 0.333. The summed E-state index contributed by atoms with van der Waals surface area (Å²) in [5, 5.41) is 0. The summed E-state index contributed by atoms with van der Waals surface area (Å²) in [6.07, 6.45) is 0.515. The van der Waals surface area contributed by atoms with Crippen molar-refractivity contribution in [3.63, 3.8) is 0 Å². The van der Waals surface area contributed by atoms with Crippen LogP contribution < -0.4 is 0 Å². The average Bonchev–Trinajstić information content (AvgIpc) is 2.15. The van der Waals surface area contributed by atoms with E-state index in [-0.39, 0.29) is 11.6 Å². The largest absolute Gasteiger partial charge is 0.299 e. The van der Waals surface area contributed by atoms with Gasteiger partial charge in [-0.2, -0.15) is 0 Å². The van der Waals surface area contributed by atoms with Gasteiger partial charge in [0.2, 0.25) is 0 Å². The van der Waals surface area contributed by atoms with E-state index in [1.165, 1.54) is 13.8 Å². The lowest BCUT2D eigenvalue weighted by Crippen LogP contribution is -2.21. The lowest BCUT2D eigenvalue weighted by molar-refractivity contribution is -0.130. The summed E-state index contributed by atoms with van der Waals surface area (Å²) in [4.78, 5) is 22.5. The molecule has 0 saturated carbocycles. The first kappa shape index (κ1) is 12.4. The molecule has 15 heavy (non-hydrogen) atoms. The Morgan fingerprint density at radius 1 is 1.13 bits per heavy atom. The van der Waals surface area contributed by atoms with Crippen molar-refractivity contribution in [3.8, 4) is 0 Å². The van der Waals surface area contributed by atoms with Crippen LogP contribution in [-0.4, -0.2) is 11.6 Å². The minimum absolute atomic E-state index is 0.0546. The monoisotopic (exact) mass is 316 g/mol. The van der Waals surface area contributed by atoms with E-state index in [2.05, 4.69) is 22.6 Å². The first-order chi connectivity index (χ1) is 7.00. The van der Waals surface area contributed by atoms with Crippen LogP contribution >= 0.6 is 22.6 Å². The van der Waals surface area contributed by atoms with E-state index in [4.69, 9.17) is 0 Å². The van der Waals surface area contributed by atoms with E-state index in [9.17, 15) is 9.59 Å². The Balaban J connectivity index is 2.79. The molecule has 2 nitrogen and oxygen atoms in total. The van der Waals surface area contributed by atoms with Gasteiger partial charge in [-0.15, -0.1) is 0 Å². The van der Waals surface area contributed by atoms with Crippen LogP contribution in [0.25, 0.3) is 0 Å². The van der Waals surface area contributed by atoms with Gasteiger partial charge in [0, 0.05) is 3.57 Å². The molecule has 0 N–H and O–H groups in total. The number of hydrogen-bond donors (Lipinski definition) is 0. The fourth-order valence-electron chi connectivity index (χ4n) is 1.43. The van der Waals surface area contributed by atoms with Gasteiger partial charge in [-0.05, 0) is 60.6 Å². The SMILES string of the molecule is CC(=O)C(Cc1ccc(I)cc1)C(C)=O. The molecular formula is C12H13IO2. The number of ketones is 2. The molecule has 80 valence electrons. The molecule has 1 rings (SSSR count). The van der Waals surface area contributed by atoms with E-state index in [0.29, 0.717) is 6.42 Å². The second kappa shape index (κ2) is 5.39. The molecule has 0 atom stereocenters. The Labute approximate surface area is 103 Å². The van der Waals surface area contributed by atoms with Gasteiger partial charge in [-0.3, -0.25) is 9.59 Å². The first-order valence-electron chi connectivity index (χ1n) is 4.76. The number of carbonyl (C=O) groups is 2. The maximum Gasteiger partial charge on any atom is 0.140 e. The van der Waals surface area contributed by atoms with E-state index in [1.807, 2.05) is 24.3 Å². The maximum absolute atomic E-state index is 11.2. The third-order valence-electron chi connectivity index (χ3n) is 2.33. The van der Waals surface area contributed by atoms with Crippen molar-refractivity contribution in [1.82, 2.24) is 0 Å². The number of benzene rings is 1. The number of hydrogen-bond acceptors (Lipinski definition) is 2. The lowest BCUT2D eigenvalue weighted by Gasteiger charge is -2.09. The highest BCUT2D eigenvalue weighted by Crippen LogP contribution is 2.13. The molecule has 3 heteroatoms. The molecule has 0 spiro atoms. The lowest BCUT2D eigenvalue weighted by atomic mass is 9.93. The Morgan fingerprint density at radius 2 is 1.60 bits per heavy atom. The van der Waals surface area contributed by atoms with Gasteiger partial charge in [0.05, 0.1) is 5.92 Å². The van der Waals surface area contributed by atoms with E-state index < -0.39 is 5.92 Å². The maximum atomic E-state index is 11.2. The normalized spacial score (nSPS) is 10.4. The topological polar surface area (TPSA) is 34.1 Å². The van der Waals surface area contributed by atoms with Crippen molar-refractivity contribution in [2.24, 2.45) is 5.92 Å². The van der Waals surface area contributed by atoms with Crippen LogP contribution in [0.1, 0.15) is 19.4 Å². The summed E-state index contributed by atoms with van der Waals surface area (Å²) in [5.74, 6) is -0.591. The van der Waals surface area contributed by atoms with Crippen molar-refractivity contribution in [3.05, 3.63) is 33.4 Å². The number of Topliss-reactive ketones (excluding diaryl/α,β-unsaturated/α-hetero) is 2. The summed E-state index contributed by atoms with van der Waals surface area (Å²) in [6.45, 7) is 2.94. The quantitative estimate of drug-likeness (QED) is 0.632. The molecule has 0 saturated heterocycles. The van der Waals surface area contributed by atoms with Crippen LogP contribution in [0.15, 0.2) is 24.3 Å². The Kier molecular flexibility index (Phi) is 4.45. The van der Waals surface area contributed by atoms with Crippen LogP contribution in [0.5, 0.6) is 0 Å². The van der Waals surface area contributed by atoms with Crippen LogP contribution in [0.4, 0.5) is 0 Å². The molecule has 0 radical (unpaired) electrons. The number of rotatable bonds is 4. The number of carbonyl (C=O) groups excluding carboxylic acids is 2. The molecule has 0 aliphatic rings. The van der Waals surface area contributed by atoms with Crippen molar-refractivity contribution < 1.29 is 9.59 Å². The van der Waals surface area contributed by atoms with Crippen molar-refractivity contribution in [2.45, 2.75) is 20.3 Å². The molecule has 0 amide bonds. The molecule has 0 aliphatic heterocycles. The molecule has 0 fully saturated rings. The highest BCUT2D eigenvalue weighted by atomic mass is 127. The van der Waals surface area contributed by atoms with E-state index >= 15 is 0 Å². The van der Waals surface area contributed by atoms with Crippen molar-refractivity contribution >= 4 is 34.2 Å². The molecule has 0 aliphatic carbocycles. The highest BCUT2D eigenvalue weighted by Gasteiger charge is 2.19. The van der Waals surface area contributed by atoms with Crippen LogP contribution in [0.2, 0.25) is 0 Å². The third-order valence-corrected chi connectivity index (χ3v) is 3.05. The van der Waals surface area contributed by atoms with E-state index in [1.54, 1.807) is 0 Å². The smallest absolute Gasteiger partial charge is 0.140 e. The van der Waals surface area contributed by atoms with Gasteiger partial charge in [-0.1, -0.05) is 12.1 Å². The van der Waals surface area contributed by atoms with Gasteiger partial charge in [-0.25, -0.2) is 0 Å². The Morgan fingerprint density at radius 3 is 2.00 bits per heavy atom. The van der Waals surface area contributed by atoms with Gasteiger partial charge in [0.1, 0.15) is 11.6 Å². The second-order valence-corrected chi connectivity index (χ2v) is 4.85. The van der Waals surface area contributed by atoms with Crippen LogP contribution in [-0.2, 0) is 16.0 Å². The summed E-state index contributed by atoms with van der Waals surface area (Å²) in [5.41, 5.74) is 1.03. The molecule has 0 unspecified atom stereocenters. The molecule has 0 bridgehead atoms. The highest BCUT2D eigenvalue weighted by molar-refractivity contribution is 14.1. The molecule has 0 aromatic heterocycles. The van der Waals surface area contributed by atoms with Gasteiger partial charge in [0.15, 0.2) is 0 Å². The predicted octanol–water partition coefficient (Wildman–Crippen LogP) is 2.63. The third kappa shape index (κ3) is 3.74. The van der Waals surface area contributed by atoms with Crippen molar-refractivity contribution in [1.29, 1.82) is 0 Å². The number of halogens is 1. The molecule has 1 aromatic rings. The minimum Gasteiger partial charge on any atom is -0.299 e. The zero-order chi connectivity index (χ0) is 11.4. The fourth-order valence-corrected chi connectivity index (χ4v) is 1.79. The molecule has 1 aromatic carbocycles. The van der Waals surface area contributed by atoms with Gasteiger partial charge in [0.25, 0.3) is 0 Å². The summed E-state index contributed by atoms with van der Waals surface area (Å²) < 4.78 is 1.15. The van der Waals surface area contributed by atoms with Crippen LogP contribution in [0, 0.1) is 9.49 Å². The standard InChI is InChI=1S/C12H13IO2/c1-8(14)12(9(2)15)7-10-3-5-11(13)6-4-10/h3-6,12H,7H2,1-2H3. The van der Waals surface area contributed by atoms with Gasteiger partial charge < -0.3 is 0 Å². The zero-order valence-electron chi connectivity index (χ0n) is 8.79. The van der Waals surface area contributed by atoms with E-state index in [0.717, 1.165) is 9.13 Å². The predicted molar refractivity (Wildman–Crippen MR) is 67.7 cm³/mol. The average molecular weight is 316 g/mol.